The first-order chi connectivity index (χ1) is 8.84. The van der Waals surface area contributed by atoms with Crippen molar-refractivity contribution in [2.24, 2.45) is 0 Å². The van der Waals surface area contributed by atoms with E-state index in [9.17, 15) is 0 Å². The molecule has 18 heavy (non-hydrogen) atoms. The fourth-order valence-corrected chi connectivity index (χ4v) is 1.82. The maximum absolute atomic E-state index is 8.87. The molecule has 0 saturated heterocycles. The molecule has 0 aliphatic carbocycles. The van der Waals surface area contributed by atoms with Crippen molar-refractivity contribution in [3.63, 3.8) is 0 Å². The number of unbranched alkanes of at least 4 members (excludes halogenated alkanes) is 8. The zero-order valence-corrected chi connectivity index (χ0v) is 11.0. The van der Waals surface area contributed by atoms with E-state index in [-0.39, 0.29) is 11.9 Å². The molecule has 4 nitrogen and oxygen atoms in total. The van der Waals surface area contributed by atoms with Crippen molar-refractivity contribution in [2.75, 3.05) is 6.61 Å². The van der Waals surface area contributed by atoms with Crippen LogP contribution < -0.4 is 4.74 Å². The Bertz CT molecular complexity index is 301. The third-order valence-corrected chi connectivity index (χ3v) is 2.91. The first kappa shape index (κ1) is 14.7. The number of allylic oxidation sites excluding steroid dienone is 1. The van der Waals surface area contributed by atoms with Crippen molar-refractivity contribution < 1.29 is 19.0 Å². The Labute approximate surface area is 109 Å². The Morgan fingerprint density at radius 2 is 1.56 bits per heavy atom. The van der Waals surface area contributed by atoms with Crippen LogP contribution in [0.5, 0.6) is 11.9 Å². The van der Waals surface area contributed by atoms with E-state index in [4.69, 9.17) is 9.84 Å². The summed E-state index contributed by atoms with van der Waals surface area (Å²) in [6, 6.07) is 0. The van der Waals surface area contributed by atoms with Crippen LogP contribution in [-0.2, 0) is 0 Å². The normalized spacial score (nSPS) is 10.7. The molecule has 0 unspecified atom stereocenters. The van der Waals surface area contributed by atoms with Crippen LogP contribution in [0.15, 0.2) is 21.8 Å². The van der Waals surface area contributed by atoms with Gasteiger partial charge in [0.2, 0.25) is 0 Å². The van der Waals surface area contributed by atoms with Gasteiger partial charge in [0.15, 0.2) is 0 Å². The highest BCUT2D eigenvalue weighted by atomic mass is 17.0. The summed E-state index contributed by atoms with van der Waals surface area (Å²) in [5, 5.41) is 8.87. The minimum atomic E-state index is -0.255. The predicted octanol–water partition coefficient (Wildman–Crippen LogP) is 4.65. The lowest BCUT2D eigenvalue weighted by molar-refractivity contribution is -0.0761. The van der Waals surface area contributed by atoms with Gasteiger partial charge in [-0.3, -0.25) is 0 Å². The second kappa shape index (κ2) is 9.68. The first-order valence-electron chi connectivity index (χ1n) is 6.86. The van der Waals surface area contributed by atoms with Crippen LogP contribution in [0.2, 0.25) is 0 Å². The van der Waals surface area contributed by atoms with E-state index in [1.807, 2.05) is 6.08 Å². The largest absolute Gasteiger partial charge is 0.473 e. The molecule has 0 amide bonds. The topological polar surface area (TPSA) is 55.7 Å². The molecule has 1 aromatic rings. The summed E-state index contributed by atoms with van der Waals surface area (Å²) in [5.41, 5.74) is 0. The smallest absolute Gasteiger partial charge is 0.417 e. The minimum Gasteiger partial charge on any atom is -0.473 e. The van der Waals surface area contributed by atoms with Crippen LogP contribution in [0.1, 0.15) is 57.8 Å². The molecule has 1 aromatic heterocycles. The number of hydrogen-bond acceptors (Lipinski definition) is 4. The average Bonchev–Trinajstić information content (AvgIpc) is 2.38. The molecular weight excluding hydrogens is 232 g/mol. The van der Waals surface area contributed by atoms with Gasteiger partial charge in [-0.15, -0.1) is 6.58 Å². The maximum atomic E-state index is 8.87. The van der Waals surface area contributed by atoms with E-state index in [1.54, 1.807) is 0 Å². The van der Waals surface area contributed by atoms with Crippen molar-refractivity contribution >= 4 is 0 Å². The number of ether oxygens (including phenoxy) is 1. The molecule has 0 aliphatic heterocycles. The summed E-state index contributed by atoms with van der Waals surface area (Å²) in [5.74, 6) is -0.147. The molecule has 1 rings (SSSR count). The lowest BCUT2D eigenvalue weighted by atomic mass is 10.1. The Morgan fingerprint density at radius 3 is 2.06 bits per heavy atom. The summed E-state index contributed by atoms with van der Waals surface area (Å²) in [6.07, 6.45) is 13.1. The van der Waals surface area contributed by atoms with E-state index < -0.39 is 0 Å². The van der Waals surface area contributed by atoms with E-state index >= 15 is 0 Å². The van der Waals surface area contributed by atoms with E-state index in [0.717, 1.165) is 19.3 Å². The Morgan fingerprint density at radius 1 is 0.944 bits per heavy atom. The van der Waals surface area contributed by atoms with Crippen LogP contribution in [0.4, 0.5) is 0 Å². The molecule has 0 atom stereocenters. The van der Waals surface area contributed by atoms with Crippen LogP contribution >= 0.6 is 0 Å². The second-order valence-electron chi connectivity index (χ2n) is 4.51. The minimum absolute atomic E-state index is 0.109. The van der Waals surface area contributed by atoms with Crippen molar-refractivity contribution in [1.29, 1.82) is 0 Å². The molecule has 0 radical (unpaired) electrons. The molecule has 4 heteroatoms. The molecule has 104 valence electrons. The van der Waals surface area contributed by atoms with Crippen molar-refractivity contribution in [3.8, 4) is 11.9 Å². The van der Waals surface area contributed by atoms with Crippen LogP contribution in [0.25, 0.3) is 0 Å². The zero-order chi connectivity index (χ0) is 13.1. The maximum Gasteiger partial charge on any atom is 0.417 e. The highest BCUT2D eigenvalue weighted by Gasteiger charge is 2.13. The molecule has 0 spiro atoms. The van der Waals surface area contributed by atoms with Gasteiger partial charge >= 0.3 is 11.9 Å². The first-order valence-corrected chi connectivity index (χ1v) is 6.86. The lowest BCUT2D eigenvalue weighted by Gasteiger charge is -2.05. The van der Waals surface area contributed by atoms with Gasteiger partial charge < -0.3 is 9.84 Å². The Kier molecular flexibility index (Phi) is 7.93. The monoisotopic (exact) mass is 256 g/mol. The molecular formula is C14H24O4. The van der Waals surface area contributed by atoms with Gasteiger partial charge in [0.25, 0.3) is 0 Å². The quantitative estimate of drug-likeness (QED) is 0.336. The summed E-state index contributed by atoms with van der Waals surface area (Å²) in [4.78, 5) is 0. The molecule has 0 fully saturated rings. The van der Waals surface area contributed by atoms with Crippen LogP contribution in [-0.4, -0.2) is 11.7 Å². The Hall–Kier alpha value is -1.32. The fourth-order valence-electron chi connectivity index (χ4n) is 1.82. The zero-order valence-electron chi connectivity index (χ0n) is 11.0. The molecule has 0 aromatic carbocycles. The summed E-state index contributed by atoms with van der Waals surface area (Å²) >= 11 is 0. The van der Waals surface area contributed by atoms with Gasteiger partial charge in [-0.1, -0.05) is 44.6 Å². The molecule has 0 bridgehead atoms. The highest BCUT2D eigenvalue weighted by molar-refractivity contribution is 5.14. The lowest BCUT2D eigenvalue weighted by Crippen LogP contribution is -1.98. The fraction of sp³-hybridized carbons (Fsp3) is 0.714. The van der Waals surface area contributed by atoms with Gasteiger partial charge in [-0.05, 0) is 19.3 Å². The summed E-state index contributed by atoms with van der Waals surface area (Å²) in [6.45, 7) is 4.29. The van der Waals surface area contributed by atoms with Gasteiger partial charge in [-0.25, -0.2) is 9.15 Å². The average molecular weight is 256 g/mol. The summed E-state index contributed by atoms with van der Waals surface area (Å²) in [7, 11) is 0. The van der Waals surface area contributed by atoms with E-state index in [1.165, 1.54) is 38.5 Å². The second-order valence-corrected chi connectivity index (χ2v) is 4.51. The summed E-state index contributed by atoms with van der Waals surface area (Å²) < 4.78 is 13.8. The number of rotatable bonds is 12. The van der Waals surface area contributed by atoms with Crippen LogP contribution in [0, 0.1) is 0 Å². The van der Waals surface area contributed by atoms with E-state index in [0.29, 0.717) is 6.61 Å². The number of aromatic hydroxyl groups is 1. The van der Waals surface area contributed by atoms with Crippen LogP contribution in [0.3, 0.4) is 0 Å². The third kappa shape index (κ3) is 6.42. The third-order valence-electron chi connectivity index (χ3n) is 2.91. The van der Waals surface area contributed by atoms with Gasteiger partial charge in [0.05, 0.1) is 6.61 Å². The molecule has 0 saturated carbocycles. The highest BCUT2D eigenvalue weighted by Crippen LogP contribution is 2.30. The Balaban J connectivity index is 1.74. The molecule has 1 N–H and O–H groups in total. The van der Waals surface area contributed by atoms with Gasteiger partial charge in [0.1, 0.15) is 0 Å². The van der Waals surface area contributed by atoms with Crippen molar-refractivity contribution in [2.45, 2.75) is 57.8 Å². The standard InChI is InChI=1S/C14H24O4/c1-2-3-4-5-6-7-8-9-10-11-12-16-14-13(15)17-18-14/h2,15H,1,3-12H2. The van der Waals surface area contributed by atoms with Gasteiger partial charge in [0, 0.05) is 0 Å². The van der Waals surface area contributed by atoms with Crippen molar-refractivity contribution in [1.82, 2.24) is 0 Å². The SMILES string of the molecule is C=CCCCCCCCCCCOc1ooc1O. The predicted molar refractivity (Wildman–Crippen MR) is 69.9 cm³/mol. The molecule has 0 aliphatic rings. The van der Waals surface area contributed by atoms with E-state index in [2.05, 4.69) is 15.7 Å². The number of hydrogen-bond donors (Lipinski definition) is 1. The molecule has 1 heterocycles. The van der Waals surface area contributed by atoms with Gasteiger partial charge in [-0.2, -0.15) is 0 Å². The van der Waals surface area contributed by atoms with Crippen molar-refractivity contribution in [3.05, 3.63) is 12.7 Å².